The number of imidazole rings is 2. The molecule has 15 nitrogen and oxygen atoms in total. The smallest absolute Gasteiger partial charge is 0.407 e. The number of aromatic nitrogens is 4. The molecule has 52 heavy (non-hydrogen) atoms. The first kappa shape index (κ1) is 37.3. The zero-order valence-electron chi connectivity index (χ0n) is 30.8. The summed E-state index contributed by atoms with van der Waals surface area (Å²) in [5, 5.41) is 4.93. The molecule has 0 spiro atoms. The summed E-state index contributed by atoms with van der Waals surface area (Å²) in [7, 11) is 2.53. The van der Waals surface area contributed by atoms with Gasteiger partial charge in [-0.3, -0.25) is 14.4 Å². The second kappa shape index (κ2) is 16.5. The highest BCUT2D eigenvalue weighted by Gasteiger charge is 2.61. The van der Waals surface area contributed by atoms with E-state index in [-0.39, 0.29) is 48.6 Å². The van der Waals surface area contributed by atoms with Gasteiger partial charge in [-0.25, -0.2) is 19.6 Å². The molecule has 284 valence electrons. The van der Waals surface area contributed by atoms with E-state index in [9.17, 15) is 24.0 Å². The molecule has 4 aliphatic rings. The third kappa shape index (κ3) is 7.97. The van der Waals surface area contributed by atoms with Gasteiger partial charge in [0.2, 0.25) is 11.8 Å². The number of alkyl carbamates (subject to hydrolysis) is 2. The average molecular weight is 723 g/mol. The second-order valence-electron chi connectivity index (χ2n) is 15.1. The van der Waals surface area contributed by atoms with Crippen molar-refractivity contribution < 1.29 is 33.4 Å². The number of nitrogens with zero attached hydrogens (tertiary/aromatic N) is 4. The maximum absolute atomic E-state index is 14.3. The molecule has 8 unspecified atom stereocenters. The van der Waals surface area contributed by atoms with E-state index in [1.165, 1.54) is 14.2 Å². The standard InChI is InChI=1S/C37H54N8O7/c1-5-9-44(31(46)17-40-36(49)51-3)19-29-38-15-27(42-29)23-11-21-7-8-22-12-24(14-26-34(22)33(21)25(13-23)35(26)48)28-16-39-30(43-28)20-45(10-6-2)32(47)18-41-37(50)52-4/h15-16,21-26,33-34H,5-14,17-20H2,1-4H3,(H,38,42)(H,39,43)(H,40,49)(H,41,50). The number of carbonyl (C=O) groups excluding carboxylic acids is 5. The molecular formula is C37H54N8O7. The predicted molar refractivity (Wildman–Crippen MR) is 189 cm³/mol. The summed E-state index contributed by atoms with van der Waals surface area (Å²) in [6.07, 6.45) is 10.0. The van der Waals surface area contributed by atoms with Crippen LogP contribution in [0.4, 0.5) is 9.59 Å². The van der Waals surface area contributed by atoms with Gasteiger partial charge in [0, 0.05) is 60.5 Å². The predicted octanol–water partition coefficient (Wildman–Crippen LogP) is 3.85. The van der Waals surface area contributed by atoms with Crippen LogP contribution in [-0.2, 0) is 36.9 Å². The first-order chi connectivity index (χ1) is 25.1. The van der Waals surface area contributed by atoms with Gasteiger partial charge in [0.05, 0.1) is 27.3 Å². The number of amides is 4. The first-order valence-electron chi connectivity index (χ1n) is 18.9. The van der Waals surface area contributed by atoms with Gasteiger partial charge < -0.3 is 39.9 Å². The summed E-state index contributed by atoms with van der Waals surface area (Å²) >= 11 is 0. The lowest BCUT2D eigenvalue weighted by Gasteiger charge is -2.49. The van der Waals surface area contributed by atoms with Crippen LogP contribution in [0.2, 0.25) is 0 Å². The zero-order chi connectivity index (χ0) is 36.9. The average Bonchev–Trinajstić information content (AvgIpc) is 3.90. The SMILES string of the molecule is CCCN(Cc1ncc(C2CC3CCC4CC(c5cnc(CN(CCC)C(=O)CNC(=O)OC)[nH]5)CC5C(=O)C(C2)C3C45)[nH]1)C(=O)CNC(=O)OC. The Morgan fingerprint density at radius 2 is 1.15 bits per heavy atom. The molecule has 8 atom stereocenters. The highest BCUT2D eigenvalue weighted by molar-refractivity contribution is 5.87. The van der Waals surface area contributed by atoms with Crippen molar-refractivity contribution in [1.82, 2.24) is 40.4 Å². The highest BCUT2D eigenvalue weighted by atomic mass is 16.5. The molecule has 2 aromatic heterocycles. The lowest BCUT2D eigenvalue weighted by atomic mass is 9.55. The van der Waals surface area contributed by atoms with E-state index in [1.54, 1.807) is 9.80 Å². The van der Waals surface area contributed by atoms with Crippen LogP contribution in [0.25, 0.3) is 0 Å². The minimum atomic E-state index is -0.644. The third-order valence-electron chi connectivity index (χ3n) is 12.0. The Bertz CT molecular complexity index is 1490. The zero-order valence-corrected chi connectivity index (χ0v) is 30.8. The maximum atomic E-state index is 14.3. The Morgan fingerprint density at radius 3 is 1.54 bits per heavy atom. The number of H-pyrrole nitrogens is 2. The van der Waals surface area contributed by atoms with Crippen molar-refractivity contribution in [3.63, 3.8) is 0 Å². The summed E-state index contributed by atoms with van der Waals surface area (Å²) in [4.78, 5) is 82.6. The van der Waals surface area contributed by atoms with E-state index in [0.717, 1.165) is 62.8 Å². The van der Waals surface area contributed by atoms with Gasteiger partial charge in [0.15, 0.2) is 0 Å². The first-order valence-corrected chi connectivity index (χ1v) is 18.9. The molecule has 0 aromatic carbocycles. The normalized spacial score (nSPS) is 27.3. The molecule has 4 aliphatic carbocycles. The van der Waals surface area contributed by atoms with Crippen molar-refractivity contribution in [3.8, 4) is 0 Å². The Balaban J connectivity index is 1.09. The van der Waals surface area contributed by atoms with Gasteiger partial charge in [-0.1, -0.05) is 13.8 Å². The molecule has 4 amide bonds. The molecule has 6 rings (SSSR count). The van der Waals surface area contributed by atoms with Gasteiger partial charge >= 0.3 is 12.2 Å². The van der Waals surface area contributed by atoms with Gasteiger partial charge in [-0.15, -0.1) is 0 Å². The van der Waals surface area contributed by atoms with E-state index in [1.807, 2.05) is 26.2 Å². The fourth-order valence-electron chi connectivity index (χ4n) is 9.91. The van der Waals surface area contributed by atoms with Crippen LogP contribution in [0.5, 0.6) is 0 Å². The van der Waals surface area contributed by atoms with Crippen LogP contribution in [0, 0.1) is 35.5 Å². The minimum absolute atomic E-state index is 0.0548. The molecule has 4 N–H and O–H groups in total. The van der Waals surface area contributed by atoms with Gasteiger partial charge in [-0.2, -0.15) is 0 Å². The van der Waals surface area contributed by atoms with Crippen LogP contribution >= 0.6 is 0 Å². The van der Waals surface area contributed by atoms with Crippen LogP contribution in [0.3, 0.4) is 0 Å². The monoisotopic (exact) mass is 722 g/mol. The number of ketones is 1. The van der Waals surface area contributed by atoms with Gasteiger partial charge in [-0.05, 0) is 75.0 Å². The molecule has 2 heterocycles. The van der Waals surface area contributed by atoms with Gasteiger partial charge in [0.1, 0.15) is 30.5 Å². The molecule has 0 bridgehead atoms. The number of ether oxygens (including phenoxy) is 2. The Hall–Kier alpha value is -4.43. The number of aromatic amines is 2. The number of methoxy groups -OCH3 is 2. The third-order valence-corrected chi connectivity index (χ3v) is 12.0. The van der Waals surface area contributed by atoms with Crippen LogP contribution in [0.15, 0.2) is 12.4 Å². The van der Waals surface area contributed by atoms with E-state index in [2.05, 4.69) is 40.0 Å². The molecule has 4 saturated carbocycles. The molecule has 0 saturated heterocycles. The summed E-state index contributed by atoms with van der Waals surface area (Å²) in [5.74, 6) is 3.88. The molecule has 0 aliphatic heterocycles. The molecule has 4 fully saturated rings. The van der Waals surface area contributed by atoms with Gasteiger partial charge in [0.25, 0.3) is 0 Å². The van der Waals surface area contributed by atoms with Crippen molar-refractivity contribution in [1.29, 1.82) is 0 Å². The Kier molecular flexibility index (Phi) is 11.8. The minimum Gasteiger partial charge on any atom is -0.453 e. The lowest BCUT2D eigenvalue weighted by molar-refractivity contribution is -0.131. The Morgan fingerprint density at radius 1 is 0.731 bits per heavy atom. The molecule has 15 heteroatoms. The Labute approximate surface area is 304 Å². The fraction of sp³-hybridized carbons (Fsp3) is 0.703. The van der Waals surface area contributed by atoms with Crippen molar-refractivity contribution in [2.24, 2.45) is 35.5 Å². The van der Waals surface area contributed by atoms with E-state index < -0.39 is 12.2 Å². The molecular weight excluding hydrogens is 668 g/mol. The second-order valence-corrected chi connectivity index (χ2v) is 15.1. The lowest BCUT2D eigenvalue weighted by Crippen LogP contribution is -2.42. The molecule has 0 radical (unpaired) electrons. The van der Waals surface area contributed by atoms with Crippen LogP contribution < -0.4 is 10.6 Å². The quantitative estimate of drug-likeness (QED) is 0.224. The van der Waals surface area contributed by atoms with Crippen LogP contribution in [-0.4, -0.2) is 99.9 Å². The van der Waals surface area contributed by atoms with Crippen molar-refractivity contribution in [2.75, 3.05) is 40.4 Å². The van der Waals surface area contributed by atoms with E-state index in [4.69, 9.17) is 0 Å². The highest BCUT2D eigenvalue weighted by Crippen LogP contribution is 2.64. The topological polar surface area (TPSA) is 192 Å². The fourth-order valence-corrected chi connectivity index (χ4v) is 9.91. The summed E-state index contributed by atoms with van der Waals surface area (Å²) in [6.45, 7) is 5.44. The number of hydrogen-bond donors (Lipinski definition) is 4. The number of carbonyl (C=O) groups is 5. The van der Waals surface area contributed by atoms with Crippen LogP contribution in [0.1, 0.15) is 100 Å². The van der Waals surface area contributed by atoms with E-state index in [0.29, 0.717) is 67.3 Å². The number of Topliss-reactive ketones (excluding diaryl/α,β-unsaturated/α-hetero) is 1. The van der Waals surface area contributed by atoms with Crippen molar-refractivity contribution >= 4 is 29.8 Å². The van der Waals surface area contributed by atoms with Crippen molar-refractivity contribution in [3.05, 3.63) is 35.4 Å². The number of nitrogens with one attached hydrogen (secondary N) is 4. The largest absolute Gasteiger partial charge is 0.453 e. The number of hydrogen-bond acceptors (Lipinski definition) is 9. The summed E-state index contributed by atoms with van der Waals surface area (Å²) < 4.78 is 9.19. The van der Waals surface area contributed by atoms with Crippen molar-refractivity contribution in [2.45, 2.75) is 90.1 Å². The maximum Gasteiger partial charge on any atom is 0.407 e. The van der Waals surface area contributed by atoms with E-state index >= 15 is 0 Å². The summed E-state index contributed by atoms with van der Waals surface area (Å²) in [5.41, 5.74) is 2.07. The molecule has 2 aromatic rings. The summed E-state index contributed by atoms with van der Waals surface area (Å²) in [6, 6.07) is 0. The number of rotatable bonds is 14.